The lowest BCUT2D eigenvalue weighted by atomic mass is 10.1. The number of oxazole rings is 1. The Balaban J connectivity index is 2.12. The molecule has 1 aromatic heterocycles. The Morgan fingerprint density at radius 3 is 2.67 bits per heavy atom. The van der Waals surface area contributed by atoms with E-state index in [-0.39, 0.29) is 5.38 Å². The van der Waals surface area contributed by atoms with E-state index >= 15 is 0 Å². The van der Waals surface area contributed by atoms with Crippen molar-refractivity contribution in [3.63, 3.8) is 0 Å². The van der Waals surface area contributed by atoms with Gasteiger partial charge in [0.15, 0.2) is 0 Å². The molecule has 1 aromatic carbocycles. The predicted molar refractivity (Wildman–Crippen MR) is 60.0 cm³/mol. The highest BCUT2D eigenvalue weighted by Crippen LogP contribution is 2.19. The summed E-state index contributed by atoms with van der Waals surface area (Å²) in [5.74, 6) is 0.586. The molecule has 0 saturated carbocycles. The molecular weight excluding hydrogens is 210 g/mol. The van der Waals surface area contributed by atoms with E-state index in [2.05, 4.69) is 17.1 Å². The number of benzene rings is 1. The van der Waals surface area contributed by atoms with Crippen molar-refractivity contribution in [2.45, 2.75) is 18.7 Å². The summed E-state index contributed by atoms with van der Waals surface area (Å²) in [6.07, 6.45) is 2.45. The Labute approximate surface area is 93.9 Å². The van der Waals surface area contributed by atoms with Crippen LogP contribution in [0.15, 0.2) is 41.0 Å². The standard InChI is InChI=1S/C12H12ClNO/c1-9(13)12-14-11(8-15-12)7-10-5-3-2-4-6-10/h2-6,8-9H,7H2,1H3/t9-/m0/s1. The Hall–Kier alpha value is -1.28. The minimum atomic E-state index is -0.172. The summed E-state index contributed by atoms with van der Waals surface area (Å²) >= 11 is 5.86. The van der Waals surface area contributed by atoms with Crippen LogP contribution in [0, 0.1) is 0 Å². The molecule has 2 nitrogen and oxygen atoms in total. The van der Waals surface area contributed by atoms with Crippen molar-refractivity contribution in [1.29, 1.82) is 0 Å². The van der Waals surface area contributed by atoms with Crippen molar-refractivity contribution in [3.8, 4) is 0 Å². The van der Waals surface area contributed by atoms with Gasteiger partial charge < -0.3 is 4.42 Å². The van der Waals surface area contributed by atoms with Crippen molar-refractivity contribution in [1.82, 2.24) is 4.98 Å². The molecule has 0 fully saturated rings. The number of hydrogen-bond acceptors (Lipinski definition) is 2. The van der Waals surface area contributed by atoms with Crippen molar-refractivity contribution in [2.24, 2.45) is 0 Å². The fourth-order valence-electron chi connectivity index (χ4n) is 1.39. The number of hydrogen-bond donors (Lipinski definition) is 0. The molecule has 0 N–H and O–H groups in total. The van der Waals surface area contributed by atoms with Gasteiger partial charge in [-0.3, -0.25) is 0 Å². The van der Waals surface area contributed by atoms with Gasteiger partial charge in [0.2, 0.25) is 5.89 Å². The Bertz CT molecular complexity index is 422. The van der Waals surface area contributed by atoms with Gasteiger partial charge in [0, 0.05) is 6.42 Å². The molecule has 0 aliphatic heterocycles. The van der Waals surface area contributed by atoms with Crippen molar-refractivity contribution in [2.75, 3.05) is 0 Å². The van der Waals surface area contributed by atoms with Crippen LogP contribution in [0.1, 0.15) is 29.4 Å². The van der Waals surface area contributed by atoms with E-state index in [1.165, 1.54) is 5.56 Å². The van der Waals surface area contributed by atoms with Crippen LogP contribution in [0.5, 0.6) is 0 Å². The summed E-state index contributed by atoms with van der Waals surface area (Å²) in [4.78, 5) is 4.31. The van der Waals surface area contributed by atoms with Gasteiger partial charge in [-0.05, 0) is 12.5 Å². The molecule has 78 valence electrons. The van der Waals surface area contributed by atoms with Crippen molar-refractivity contribution in [3.05, 3.63) is 53.7 Å². The average molecular weight is 222 g/mol. The third kappa shape index (κ3) is 2.60. The van der Waals surface area contributed by atoms with Crippen LogP contribution in [0.25, 0.3) is 0 Å². The first-order valence-electron chi connectivity index (χ1n) is 4.88. The third-order valence-electron chi connectivity index (χ3n) is 2.14. The van der Waals surface area contributed by atoms with Gasteiger partial charge in [-0.25, -0.2) is 4.98 Å². The molecule has 0 saturated heterocycles. The predicted octanol–water partition coefficient (Wildman–Crippen LogP) is 3.57. The number of nitrogens with zero attached hydrogens (tertiary/aromatic N) is 1. The van der Waals surface area contributed by atoms with E-state index < -0.39 is 0 Å². The maximum Gasteiger partial charge on any atom is 0.212 e. The average Bonchev–Trinajstić information content (AvgIpc) is 2.68. The van der Waals surface area contributed by atoms with Gasteiger partial charge >= 0.3 is 0 Å². The van der Waals surface area contributed by atoms with Gasteiger partial charge in [-0.15, -0.1) is 11.6 Å². The van der Waals surface area contributed by atoms with Gasteiger partial charge in [0.05, 0.1) is 5.69 Å². The summed E-state index contributed by atoms with van der Waals surface area (Å²) in [7, 11) is 0. The summed E-state index contributed by atoms with van der Waals surface area (Å²) in [5.41, 5.74) is 2.14. The van der Waals surface area contributed by atoms with Gasteiger partial charge in [-0.1, -0.05) is 30.3 Å². The van der Waals surface area contributed by atoms with Crippen LogP contribution in [-0.4, -0.2) is 4.98 Å². The largest absolute Gasteiger partial charge is 0.447 e. The first kappa shape index (κ1) is 10.2. The van der Waals surface area contributed by atoms with Crippen LogP contribution in [0.2, 0.25) is 0 Å². The zero-order chi connectivity index (χ0) is 10.7. The van der Waals surface area contributed by atoms with Crippen molar-refractivity contribution >= 4 is 11.6 Å². The lowest BCUT2D eigenvalue weighted by molar-refractivity contribution is 0.496. The van der Waals surface area contributed by atoms with Crippen LogP contribution in [0.3, 0.4) is 0 Å². The number of alkyl halides is 1. The quantitative estimate of drug-likeness (QED) is 0.741. The second kappa shape index (κ2) is 4.49. The molecule has 0 spiro atoms. The molecule has 0 aliphatic carbocycles. The summed E-state index contributed by atoms with van der Waals surface area (Å²) in [6.45, 7) is 1.85. The fraction of sp³-hybridized carbons (Fsp3) is 0.250. The Kier molecular flexibility index (Phi) is 3.07. The highest BCUT2D eigenvalue weighted by Gasteiger charge is 2.09. The van der Waals surface area contributed by atoms with Gasteiger partial charge in [0.25, 0.3) is 0 Å². The molecule has 1 atom stereocenters. The molecule has 0 bridgehead atoms. The summed E-state index contributed by atoms with van der Waals surface area (Å²) in [5, 5.41) is -0.172. The maximum absolute atomic E-state index is 5.86. The molecule has 15 heavy (non-hydrogen) atoms. The molecule has 0 unspecified atom stereocenters. The lowest BCUT2D eigenvalue weighted by Crippen LogP contribution is -1.89. The molecule has 1 heterocycles. The smallest absolute Gasteiger partial charge is 0.212 e. The molecule has 2 rings (SSSR count). The zero-order valence-corrected chi connectivity index (χ0v) is 9.24. The summed E-state index contributed by atoms with van der Waals surface area (Å²) < 4.78 is 5.26. The maximum atomic E-state index is 5.86. The van der Waals surface area contributed by atoms with Crippen LogP contribution >= 0.6 is 11.6 Å². The number of halogens is 1. The van der Waals surface area contributed by atoms with Crippen LogP contribution in [0.4, 0.5) is 0 Å². The zero-order valence-electron chi connectivity index (χ0n) is 8.48. The molecular formula is C12H12ClNO. The van der Waals surface area contributed by atoms with E-state index in [0.29, 0.717) is 5.89 Å². The first-order chi connectivity index (χ1) is 7.25. The van der Waals surface area contributed by atoms with E-state index in [9.17, 15) is 0 Å². The van der Waals surface area contributed by atoms with Gasteiger partial charge in [0.1, 0.15) is 11.6 Å². The molecule has 0 radical (unpaired) electrons. The Morgan fingerprint density at radius 1 is 1.33 bits per heavy atom. The van der Waals surface area contributed by atoms with E-state index in [4.69, 9.17) is 16.0 Å². The van der Waals surface area contributed by atoms with Crippen LogP contribution < -0.4 is 0 Å². The second-order valence-corrected chi connectivity index (χ2v) is 4.11. The van der Waals surface area contributed by atoms with E-state index in [0.717, 1.165) is 12.1 Å². The highest BCUT2D eigenvalue weighted by atomic mass is 35.5. The third-order valence-corrected chi connectivity index (χ3v) is 2.32. The topological polar surface area (TPSA) is 26.0 Å². The van der Waals surface area contributed by atoms with E-state index in [1.807, 2.05) is 25.1 Å². The van der Waals surface area contributed by atoms with E-state index in [1.54, 1.807) is 6.26 Å². The monoisotopic (exact) mass is 221 g/mol. The Morgan fingerprint density at radius 2 is 2.07 bits per heavy atom. The lowest BCUT2D eigenvalue weighted by Gasteiger charge is -1.96. The number of rotatable bonds is 3. The second-order valence-electron chi connectivity index (χ2n) is 3.46. The highest BCUT2D eigenvalue weighted by molar-refractivity contribution is 6.20. The normalized spacial score (nSPS) is 12.7. The molecule has 0 amide bonds. The molecule has 0 aliphatic rings. The van der Waals surface area contributed by atoms with Gasteiger partial charge in [-0.2, -0.15) is 0 Å². The SMILES string of the molecule is C[C@H](Cl)c1nc(Cc2ccccc2)co1. The molecule has 3 heteroatoms. The number of aromatic nitrogens is 1. The first-order valence-corrected chi connectivity index (χ1v) is 5.31. The fourth-order valence-corrected chi connectivity index (χ4v) is 1.49. The minimum absolute atomic E-state index is 0.172. The van der Waals surface area contributed by atoms with Crippen LogP contribution in [-0.2, 0) is 6.42 Å². The van der Waals surface area contributed by atoms with Crippen molar-refractivity contribution < 1.29 is 4.42 Å². The minimum Gasteiger partial charge on any atom is -0.447 e. The summed E-state index contributed by atoms with van der Waals surface area (Å²) in [6, 6.07) is 10.2. The molecule has 2 aromatic rings.